The molecule has 2 aromatic rings. The molecule has 0 radical (unpaired) electrons. The molecular formula is C15H15ClN2O2. The second kappa shape index (κ2) is 6.01. The van der Waals surface area contributed by atoms with Crippen molar-refractivity contribution in [3.05, 3.63) is 51.8 Å². The molecule has 0 saturated carbocycles. The van der Waals surface area contributed by atoms with E-state index in [-0.39, 0.29) is 5.56 Å². The molecule has 0 bridgehead atoms. The maximum absolute atomic E-state index is 11.9. The molecule has 20 heavy (non-hydrogen) atoms. The van der Waals surface area contributed by atoms with Crippen molar-refractivity contribution in [2.75, 3.05) is 0 Å². The van der Waals surface area contributed by atoms with Gasteiger partial charge in [-0.15, -0.1) is 0 Å². The van der Waals surface area contributed by atoms with Gasteiger partial charge in [0.05, 0.1) is 5.69 Å². The molecule has 0 N–H and O–H groups in total. The lowest BCUT2D eigenvalue weighted by molar-refractivity contribution is 0.107. The predicted octanol–water partition coefficient (Wildman–Crippen LogP) is 2.87. The van der Waals surface area contributed by atoms with Crippen LogP contribution in [-0.2, 0) is 13.0 Å². The minimum Gasteiger partial charge on any atom is -0.275 e. The zero-order chi connectivity index (χ0) is 14.7. The van der Waals surface area contributed by atoms with Gasteiger partial charge in [-0.2, -0.15) is 5.10 Å². The van der Waals surface area contributed by atoms with Crippen molar-refractivity contribution in [2.24, 2.45) is 0 Å². The summed E-state index contributed by atoms with van der Waals surface area (Å²) in [5, 5.41) is 3.49. The number of carbonyl (C=O) groups is 1. The summed E-state index contributed by atoms with van der Waals surface area (Å²) in [5.74, 6) is 0. The highest BCUT2D eigenvalue weighted by Crippen LogP contribution is 2.18. The second-order valence-electron chi connectivity index (χ2n) is 4.39. The van der Waals surface area contributed by atoms with Crippen molar-refractivity contribution in [1.29, 1.82) is 0 Å². The Morgan fingerprint density at radius 3 is 2.40 bits per heavy atom. The first-order chi connectivity index (χ1) is 9.56. The van der Waals surface area contributed by atoms with Crippen LogP contribution in [0, 0.1) is 0 Å². The molecule has 0 amide bonds. The monoisotopic (exact) mass is 290 g/mol. The quantitative estimate of drug-likeness (QED) is 0.814. The van der Waals surface area contributed by atoms with E-state index in [1.54, 1.807) is 6.92 Å². The summed E-state index contributed by atoms with van der Waals surface area (Å²) in [6.45, 7) is 4.26. The van der Waals surface area contributed by atoms with Gasteiger partial charge in [0, 0.05) is 12.1 Å². The number of aromatic nitrogens is 2. The van der Waals surface area contributed by atoms with Crippen LogP contribution in [0.25, 0.3) is 11.3 Å². The van der Waals surface area contributed by atoms with E-state index < -0.39 is 10.8 Å². The smallest absolute Gasteiger partial charge is 0.275 e. The Balaban J connectivity index is 2.58. The van der Waals surface area contributed by atoms with Gasteiger partial charge in [0.15, 0.2) is 0 Å². The van der Waals surface area contributed by atoms with Crippen LogP contribution in [0.4, 0.5) is 0 Å². The summed E-state index contributed by atoms with van der Waals surface area (Å²) in [6, 6.07) is 9.30. The molecule has 0 spiro atoms. The van der Waals surface area contributed by atoms with E-state index in [0.717, 1.165) is 12.0 Å². The topological polar surface area (TPSA) is 52.0 Å². The number of nitrogens with zero attached hydrogens (tertiary/aromatic N) is 2. The first kappa shape index (κ1) is 14.5. The summed E-state index contributed by atoms with van der Waals surface area (Å²) < 4.78 is 1.25. The number of aryl methyl sites for hydroxylation is 2. The highest BCUT2D eigenvalue weighted by molar-refractivity contribution is 6.67. The number of halogens is 1. The van der Waals surface area contributed by atoms with E-state index in [0.29, 0.717) is 12.2 Å². The zero-order valence-corrected chi connectivity index (χ0v) is 12.1. The van der Waals surface area contributed by atoms with Crippen LogP contribution in [0.3, 0.4) is 0 Å². The molecule has 0 saturated heterocycles. The molecule has 104 valence electrons. The Morgan fingerprint density at radius 1 is 1.25 bits per heavy atom. The van der Waals surface area contributed by atoms with E-state index in [1.807, 2.05) is 24.3 Å². The Labute approximate surface area is 122 Å². The van der Waals surface area contributed by atoms with Gasteiger partial charge < -0.3 is 0 Å². The average Bonchev–Trinajstić information content (AvgIpc) is 2.47. The fourth-order valence-corrected chi connectivity index (χ4v) is 2.08. The fourth-order valence-electron chi connectivity index (χ4n) is 1.95. The van der Waals surface area contributed by atoms with Gasteiger partial charge in [-0.25, -0.2) is 4.68 Å². The van der Waals surface area contributed by atoms with Gasteiger partial charge in [-0.05, 0) is 36.6 Å². The summed E-state index contributed by atoms with van der Waals surface area (Å²) in [4.78, 5) is 23.3. The lowest BCUT2D eigenvalue weighted by atomic mass is 10.1. The molecule has 1 aromatic heterocycles. The summed E-state index contributed by atoms with van der Waals surface area (Å²) in [7, 11) is 0. The minimum absolute atomic E-state index is 0.0434. The van der Waals surface area contributed by atoms with Crippen LogP contribution < -0.4 is 5.56 Å². The Kier molecular flexibility index (Phi) is 4.35. The molecule has 0 aliphatic carbocycles. The molecule has 1 heterocycles. The third kappa shape index (κ3) is 2.80. The average molecular weight is 291 g/mol. The molecule has 0 aliphatic rings. The molecule has 5 heteroatoms. The number of rotatable bonds is 4. The number of benzene rings is 1. The highest BCUT2D eigenvalue weighted by atomic mass is 35.5. The fraction of sp³-hybridized carbons (Fsp3) is 0.267. The van der Waals surface area contributed by atoms with Crippen LogP contribution in [0.5, 0.6) is 0 Å². The van der Waals surface area contributed by atoms with Gasteiger partial charge >= 0.3 is 0 Å². The van der Waals surface area contributed by atoms with Crippen molar-refractivity contribution in [3.63, 3.8) is 0 Å². The van der Waals surface area contributed by atoms with Crippen LogP contribution in [0.2, 0.25) is 0 Å². The highest BCUT2D eigenvalue weighted by Gasteiger charge is 2.13. The van der Waals surface area contributed by atoms with E-state index in [1.165, 1.54) is 16.3 Å². The van der Waals surface area contributed by atoms with Crippen molar-refractivity contribution in [1.82, 2.24) is 9.78 Å². The summed E-state index contributed by atoms with van der Waals surface area (Å²) >= 11 is 5.46. The number of carbonyl (C=O) groups excluding carboxylic acids is 1. The largest absolute Gasteiger partial charge is 0.278 e. The normalized spacial score (nSPS) is 10.6. The molecule has 0 atom stereocenters. The van der Waals surface area contributed by atoms with Crippen molar-refractivity contribution < 1.29 is 4.79 Å². The van der Waals surface area contributed by atoms with Gasteiger partial charge in [0.2, 0.25) is 0 Å². The van der Waals surface area contributed by atoms with E-state index in [2.05, 4.69) is 12.0 Å². The molecule has 0 fully saturated rings. The van der Waals surface area contributed by atoms with Crippen molar-refractivity contribution in [2.45, 2.75) is 26.8 Å². The van der Waals surface area contributed by atoms with E-state index >= 15 is 0 Å². The molecule has 0 aliphatic heterocycles. The number of hydrogen-bond donors (Lipinski definition) is 0. The Hall–Kier alpha value is -1.94. The van der Waals surface area contributed by atoms with Gasteiger partial charge in [0.25, 0.3) is 10.8 Å². The molecule has 0 unspecified atom stereocenters. The lowest BCUT2D eigenvalue weighted by Crippen LogP contribution is -2.27. The zero-order valence-electron chi connectivity index (χ0n) is 11.4. The van der Waals surface area contributed by atoms with Crippen molar-refractivity contribution >= 4 is 16.8 Å². The summed E-state index contributed by atoms with van der Waals surface area (Å²) in [5.41, 5.74) is 2.13. The molecule has 2 rings (SSSR count). The standard InChI is InChI=1S/C15H15ClN2O2/c1-3-10-5-7-11(8-6-10)13-9-12(14(16)19)15(20)18(4-2)17-13/h5-9H,3-4H2,1-2H3. The van der Waals surface area contributed by atoms with Crippen LogP contribution >= 0.6 is 11.6 Å². The maximum atomic E-state index is 11.9. The predicted molar refractivity (Wildman–Crippen MR) is 79.2 cm³/mol. The Bertz CT molecular complexity index is 690. The molecular weight excluding hydrogens is 276 g/mol. The lowest BCUT2D eigenvalue weighted by Gasteiger charge is -2.07. The third-order valence-electron chi connectivity index (χ3n) is 3.14. The number of hydrogen-bond acceptors (Lipinski definition) is 3. The van der Waals surface area contributed by atoms with Gasteiger partial charge in [-0.1, -0.05) is 31.2 Å². The summed E-state index contributed by atoms with van der Waals surface area (Å²) in [6.07, 6.45) is 0.952. The van der Waals surface area contributed by atoms with Gasteiger partial charge in [-0.3, -0.25) is 9.59 Å². The minimum atomic E-state index is -0.758. The van der Waals surface area contributed by atoms with Crippen LogP contribution in [0.15, 0.2) is 35.1 Å². The van der Waals surface area contributed by atoms with Crippen molar-refractivity contribution in [3.8, 4) is 11.3 Å². The van der Waals surface area contributed by atoms with E-state index in [4.69, 9.17) is 11.6 Å². The van der Waals surface area contributed by atoms with Crippen LogP contribution in [0.1, 0.15) is 29.8 Å². The second-order valence-corrected chi connectivity index (χ2v) is 4.73. The third-order valence-corrected chi connectivity index (χ3v) is 3.35. The van der Waals surface area contributed by atoms with Crippen LogP contribution in [-0.4, -0.2) is 15.0 Å². The van der Waals surface area contributed by atoms with Gasteiger partial charge in [0.1, 0.15) is 5.56 Å². The first-order valence-electron chi connectivity index (χ1n) is 6.48. The molecule has 4 nitrogen and oxygen atoms in total. The molecule has 1 aromatic carbocycles. The Morgan fingerprint density at radius 2 is 1.90 bits per heavy atom. The first-order valence-corrected chi connectivity index (χ1v) is 6.86. The van der Waals surface area contributed by atoms with E-state index in [9.17, 15) is 9.59 Å². The SMILES string of the molecule is CCc1ccc(-c2cc(C(=O)Cl)c(=O)n(CC)n2)cc1. The maximum Gasteiger partial charge on any atom is 0.278 e.